The maximum atomic E-state index is 15.2. The first-order chi connectivity index (χ1) is 16.5. The molecule has 4 heteroatoms. The minimum atomic E-state index is -0.480. The summed E-state index contributed by atoms with van der Waals surface area (Å²) in [4.78, 5) is 0. The Morgan fingerprint density at radius 2 is 1.59 bits per heavy atom. The van der Waals surface area contributed by atoms with Crippen molar-refractivity contribution in [3.8, 4) is 6.07 Å². The predicted molar refractivity (Wildman–Crippen MR) is 130 cm³/mol. The summed E-state index contributed by atoms with van der Waals surface area (Å²) in [7, 11) is 0. The molecule has 182 valence electrons. The Labute approximate surface area is 202 Å². The number of unbranched alkanes of at least 4 members (excludes halogenated alkanes) is 4. The molecule has 0 N–H and O–H groups in total. The molecule has 0 amide bonds. The fourth-order valence-electron chi connectivity index (χ4n) is 6.19. The van der Waals surface area contributed by atoms with Crippen molar-refractivity contribution in [1.82, 2.24) is 0 Å². The van der Waals surface area contributed by atoms with Crippen molar-refractivity contribution < 1.29 is 13.2 Å². The molecule has 2 aromatic rings. The van der Waals surface area contributed by atoms with Crippen LogP contribution in [0.4, 0.5) is 13.2 Å². The molecule has 1 fully saturated rings. The maximum absolute atomic E-state index is 15.2. The molecule has 2 aliphatic rings. The average molecular weight is 468 g/mol. The lowest BCUT2D eigenvalue weighted by Crippen LogP contribution is -2.18. The molecule has 0 aliphatic heterocycles. The van der Waals surface area contributed by atoms with Crippen molar-refractivity contribution in [2.24, 2.45) is 5.92 Å². The quantitative estimate of drug-likeness (QED) is 0.356. The third-order valence-corrected chi connectivity index (χ3v) is 8.21. The van der Waals surface area contributed by atoms with Crippen molar-refractivity contribution in [3.63, 3.8) is 0 Å². The minimum Gasteiger partial charge on any atom is -0.207 e. The van der Waals surface area contributed by atoms with Crippen molar-refractivity contribution >= 4 is 0 Å². The summed E-state index contributed by atoms with van der Waals surface area (Å²) in [5, 5.41) is 9.05. The van der Waals surface area contributed by atoms with E-state index in [2.05, 4.69) is 6.92 Å². The van der Waals surface area contributed by atoms with Crippen LogP contribution < -0.4 is 0 Å². The largest absolute Gasteiger partial charge is 0.207 e. The fourth-order valence-corrected chi connectivity index (χ4v) is 6.19. The van der Waals surface area contributed by atoms with E-state index >= 15 is 8.78 Å². The van der Waals surface area contributed by atoms with Gasteiger partial charge in [0.1, 0.15) is 23.5 Å². The molecule has 0 heterocycles. The molecule has 34 heavy (non-hydrogen) atoms. The van der Waals surface area contributed by atoms with Crippen LogP contribution in [0.3, 0.4) is 0 Å². The molecule has 2 aromatic carbocycles. The zero-order chi connectivity index (χ0) is 24.1. The van der Waals surface area contributed by atoms with Crippen molar-refractivity contribution in [2.75, 3.05) is 0 Å². The first kappa shape index (κ1) is 24.8. The van der Waals surface area contributed by atoms with Crippen LogP contribution in [0.25, 0.3) is 0 Å². The molecule has 4 rings (SSSR count). The highest BCUT2D eigenvalue weighted by Crippen LogP contribution is 2.41. The number of halogens is 3. The SMILES string of the molecule is CCCCCCCC1CCC(c2cc(F)c(C3CCc4c(ccc(C#N)c4F)C3)c(F)c2)CC1. The Kier molecular flexibility index (Phi) is 8.35. The Hall–Kier alpha value is -2.28. The first-order valence-corrected chi connectivity index (χ1v) is 13.2. The number of fused-ring (bicyclic) bond motifs is 1. The standard InChI is InChI=1S/C30H36F3N/c1-2-3-4-5-6-7-20-8-10-21(11-9-20)25-17-27(31)29(28(32)18-25)23-14-15-26-22(16-23)12-13-24(19-34)30(26)33/h12-13,17-18,20-21,23H,2-11,14-16H2,1H3. The van der Waals surface area contributed by atoms with Gasteiger partial charge in [-0.25, -0.2) is 13.2 Å². The van der Waals surface area contributed by atoms with E-state index in [0.717, 1.165) is 42.7 Å². The van der Waals surface area contributed by atoms with Gasteiger partial charge in [0.2, 0.25) is 0 Å². The number of rotatable bonds is 8. The van der Waals surface area contributed by atoms with Crippen LogP contribution >= 0.6 is 0 Å². The summed E-state index contributed by atoms with van der Waals surface area (Å²) in [5.74, 6) is -0.717. The summed E-state index contributed by atoms with van der Waals surface area (Å²) >= 11 is 0. The number of hydrogen-bond acceptors (Lipinski definition) is 1. The second kappa shape index (κ2) is 11.4. The second-order valence-electron chi connectivity index (χ2n) is 10.4. The van der Waals surface area contributed by atoms with Gasteiger partial charge in [-0.3, -0.25) is 0 Å². The lowest BCUT2D eigenvalue weighted by Gasteiger charge is -2.30. The molecule has 0 radical (unpaired) electrons. The second-order valence-corrected chi connectivity index (χ2v) is 10.4. The summed E-state index contributed by atoms with van der Waals surface area (Å²) < 4.78 is 44.9. The average Bonchev–Trinajstić information content (AvgIpc) is 2.84. The maximum Gasteiger partial charge on any atom is 0.144 e. The fraction of sp³-hybridized carbons (Fsp3) is 0.567. The van der Waals surface area contributed by atoms with E-state index in [1.165, 1.54) is 44.6 Å². The van der Waals surface area contributed by atoms with Gasteiger partial charge >= 0.3 is 0 Å². The van der Waals surface area contributed by atoms with Gasteiger partial charge in [0, 0.05) is 5.56 Å². The highest BCUT2D eigenvalue weighted by atomic mass is 19.1. The predicted octanol–water partition coefficient (Wildman–Crippen LogP) is 8.88. The highest BCUT2D eigenvalue weighted by Gasteiger charge is 2.30. The zero-order valence-corrected chi connectivity index (χ0v) is 20.3. The number of nitrogens with zero attached hydrogens (tertiary/aromatic N) is 1. The van der Waals surface area contributed by atoms with Crippen LogP contribution in [0.2, 0.25) is 0 Å². The molecule has 0 bridgehead atoms. The van der Waals surface area contributed by atoms with E-state index in [1.807, 2.05) is 6.07 Å². The summed E-state index contributed by atoms with van der Waals surface area (Å²) in [5.41, 5.74) is 2.24. The molecule has 1 nitrogen and oxygen atoms in total. The van der Waals surface area contributed by atoms with Gasteiger partial charge in [-0.2, -0.15) is 5.26 Å². The lowest BCUT2D eigenvalue weighted by atomic mass is 9.75. The van der Waals surface area contributed by atoms with Gasteiger partial charge in [-0.15, -0.1) is 0 Å². The Balaban J connectivity index is 1.39. The summed E-state index contributed by atoms with van der Waals surface area (Å²) in [6, 6.07) is 8.18. The van der Waals surface area contributed by atoms with Gasteiger partial charge in [0.05, 0.1) is 5.56 Å². The highest BCUT2D eigenvalue weighted by molar-refractivity contribution is 5.43. The lowest BCUT2D eigenvalue weighted by molar-refractivity contribution is 0.301. The van der Waals surface area contributed by atoms with Crippen molar-refractivity contribution in [1.29, 1.82) is 5.26 Å². The van der Waals surface area contributed by atoms with E-state index in [0.29, 0.717) is 24.8 Å². The Morgan fingerprint density at radius 3 is 2.26 bits per heavy atom. The molecular formula is C30H36F3N. The monoisotopic (exact) mass is 467 g/mol. The molecular weight excluding hydrogens is 431 g/mol. The summed E-state index contributed by atoms with van der Waals surface area (Å²) in [6.45, 7) is 2.24. The van der Waals surface area contributed by atoms with E-state index in [9.17, 15) is 4.39 Å². The van der Waals surface area contributed by atoms with E-state index in [-0.39, 0.29) is 23.0 Å². The van der Waals surface area contributed by atoms with Gasteiger partial charge in [-0.1, -0.05) is 51.5 Å². The number of benzene rings is 2. The molecule has 1 atom stereocenters. The van der Waals surface area contributed by atoms with E-state index in [1.54, 1.807) is 18.2 Å². The smallest absolute Gasteiger partial charge is 0.144 e. The van der Waals surface area contributed by atoms with Crippen molar-refractivity contribution in [3.05, 3.63) is 69.5 Å². The van der Waals surface area contributed by atoms with E-state index < -0.39 is 17.5 Å². The first-order valence-electron chi connectivity index (χ1n) is 13.2. The van der Waals surface area contributed by atoms with Crippen LogP contribution in [0, 0.1) is 34.7 Å². The normalized spacial score (nSPS) is 22.3. The molecule has 1 unspecified atom stereocenters. The number of hydrogen-bond donors (Lipinski definition) is 0. The summed E-state index contributed by atoms with van der Waals surface area (Å²) in [6.07, 6.45) is 13.4. The van der Waals surface area contributed by atoms with Gasteiger partial charge in [-0.05, 0) is 97.6 Å². The topological polar surface area (TPSA) is 23.8 Å². The van der Waals surface area contributed by atoms with Crippen LogP contribution in [0.15, 0.2) is 24.3 Å². The minimum absolute atomic E-state index is 0.0325. The number of nitriles is 1. The van der Waals surface area contributed by atoms with Crippen LogP contribution in [0.5, 0.6) is 0 Å². The van der Waals surface area contributed by atoms with Crippen LogP contribution in [-0.4, -0.2) is 0 Å². The van der Waals surface area contributed by atoms with E-state index in [4.69, 9.17) is 5.26 Å². The third-order valence-electron chi connectivity index (χ3n) is 8.21. The van der Waals surface area contributed by atoms with Gasteiger partial charge < -0.3 is 0 Å². The third kappa shape index (κ3) is 5.51. The van der Waals surface area contributed by atoms with Gasteiger partial charge in [0.25, 0.3) is 0 Å². The molecule has 0 aromatic heterocycles. The van der Waals surface area contributed by atoms with Crippen LogP contribution in [-0.2, 0) is 12.8 Å². The zero-order valence-electron chi connectivity index (χ0n) is 20.3. The Bertz CT molecular complexity index is 1010. The van der Waals surface area contributed by atoms with Gasteiger partial charge in [0.15, 0.2) is 0 Å². The molecule has 2 aliphatic carbocycles. The Morgan fingerprint density at radius 1 is 0.882 bits per heavy atom. The van der Waals surface area contributed by atoms with Crippen molar-refractivity contribution in [2.45, 2.75) is 102 Å². The van der Waals surface area contributed by atoms with Crippen LogP contribution in [0.1, 0.15) is 117 Å². The molecule has 0 saturated heterocycles. The molecule has 0 spiro atoms. The molecule has 1 saturated carbocycles.